The molecule has 2 atom stereocenters. The second kappa shape index (κ2) is 6.54. The van der Waals surface area contributed by atoms with Crippen molar-refractivity contribution in [3.05, 3.63) is 35.9 Å². The molecular formula is C14H21N3O2. The van der Waals surface area contributed by atoms with E-state index in [9.17, 15) is 4.79 Å². The molecule has 1 aromatic rings. The topological polar surface area (TPSA) is 67.6 Å². The number of benzene rings is 1. The average molecular weight is 263 g/mol. The number of nitrogens with two attached hydrogens (primary N) is 1. The summed E-state index contributed by atoms with van der Waals surface area (Å²) in [4.78, 5) is 13.4. The Labute approximate surface area is 113 Å². The molecule has 5 heteroatoms. The third-order valence-electron chi connectivity index (χ3n) is 3.46. The molecule has 0 spiro atoms. The van der Waals surface area contributed by atoms with Crippen LogP contribution in [0.5, 0.6) is 0 Å². The van der Waals surface area contributed by atoms with E-state index >= 15 is 0 Å². The Morgan fingerprint density at radius 3 is 2.95 bits per heavy atom. The molecule has 1 aliphatic heterocycles. The lowest BCUT2D eigenvalue weighted by atomic mass is 10.1. The van der Waals surface area contributed by atoms with Crippen molar-refractivity contribution in [2.75, 3.05) is 26.7 Å². The van der Waals surface area contributed by atoms with Crippen LogP contribution in [0.1, 0.15) is 18.0 Å². The number of carbonyl (C=O) groups is 1. The van der Waals surface area contributed by atoms with Crippen LogP contribution < -0.4 is 11.1 Å². The highest BCUT2D eigenvalue weighted by Crippen LogP contribution is 2.15. The maximum absolute atomic E-state index is 11.1. The molecule has 1 aromatic carbocycles. The minimum atomic E-state index is -0.362. The molecule has 1 fully saturated rings. The monoisotopic (exact) mass is 263 g/mol. The van der Waals surface area contributed by atoms with E-state index in [1.165, 1.54) is 7.11 Å². The molecule has 5 nitrogen and oxygen atoms in total. The highest BCUT2D eigenvalue weighted by molar-refractivity contribution is 5.67. The molecule has 0 aliphatic carbocycles. The first-order valence-electron chi connectivity index (χ1n) is 6.56. The van der Waals surface area contributed by atoms with Crippen molar-refractivity contribution in [2.24, 2.45) is 5.73 Å². The number of alkyl carbamates (subject to hydrolysis) is 1. The zero-order chi connectivity index (χ0) is 13.7. The van der Waals surface area contributed by atoms with Crippen LogP contribution in [-0.2, 0) is 4.74 Å². The van der Waals surface area contributed by atoms with Gasteiger partial charge in [0.15, 0.2) is 0 Å². The van der Waals surface area contributed by atoms with Crippen LogP contribution in [-0.4, -0.2) is 43.8 Å². The summed E-state index contributed by atoms with van der Waals surface area (Å²) in [6.45, 7) is 2.59. The van der Waals surface area contributed by atoms with E-state index < -0.39 is 0 Å². The largest absolute Gasteiger partial charge is 0.453 e. The van der Waals surface area contributed by atoms with Gasteiger partial charge >= 0.3 is 6.09 Å². The molecule has 1 amide bonds. The summed E-state index contributed by atoms with van der Waals surface area (Å²) in [5.41, 5.74) is 7.34. The van der Waals surface area contributed by atoms with Gasteiger partial charge in [0.25, 0.3) is 0 Å². The first-order chi connectivity index (χ1) is 9.19. The highest BCUT2D eigenvalue weighted by atomic mass is 16.5. The highest BCUT2D eigenvalue weighted by Gasteiger charge is 2.25. The van der Waals surface area contributed by atoms with Gasteiger partial charge in [0, 0.05) is 31.7 Å². The molecule has 0 aromatic heterocycles. The van der Waals surface area contributed by atoms with E-state index in [1.807, 2.05) is 30.3 Å². The van der Waals surface area contributed by atoms with Crippen LogP contribution in [0.15, 0.2) is 30.3 Å². The predicted molar refractivity (Wildman–Crippen MR) is 73.8 cm³/mol. The first kappa shape index (κ1) is 13.8. The van der Waals surface area contributed by atoms with Crippen molar-refractivity contribution >= 4 is 6.09 Å². The van der Waals surface area contributed by atoms with Crippen LogP contribution in [0.3, 0.4) is 0 Å². The van der Waals surface area contributed by atoms with Gasteiger partial charge in [-0.05, 0) is 12.0 Å². The maximum Gasteiger partial charge on any atom is 0.407 e. The van der Waals surface area contributed by atoms with Gasteiger partial charge < -0.3 is 15.8 Å². The van der Waals surface area contributed by atoms with Gasteiger partial charge in [0.1, 0.15) is 0 Å². The number of ether oxygens (including phenoxy) is 1. The molecule has 19 heavy (non-hydrogen) atoms. The van der Waals surface area contributed by atoms with Gasteiger partial charge in [-0.2, -0.15) is 0 Å². The molecule has 0 bridgehead atoms. The van der Waals surface area contributed by atoms with Crippen molar-refractivity contribution < 1.29 is 9.53 Å². The number of amides is 1. The fourth-order valence-corrected chi connectivity index (χ4v) is 2.43. The second-order valence-electron chi connectivity index (χ2n) is 4.90. The van der Waals surface area contributed by atoms with E-state index in [4.69, 9.17) is 5.73 Å². The molecule has 2 rings (SSSR count). The van der Waals surface area contributed by atoms with Gasteiger partial charge in [-0.1, -0.05) is 30.3 Å². The fraction of sp³-hybridized carbons (Fsp3) is 0.500. The molecule has 0 radical (unpaired) electrons. The van der Waals surface area contributed by atoms with Gasteiger partial charge in [-0.3, -0.25) is 4.90 Å². The first-order valence-corrected chi connectivity index (χ1v) is 6.56. The van der Waals surface area contributed by atoms with Gasteiger partial charge in [0.05, 0.1) is 7.11 Å². The summed E-state index contributed by atoms with van der Waals surface area (Å²) >= 11 is 0. The Morgan fingerprint density at radius 2 is 2.26 bits per heavy atom. The lowest BCUT2D eigenvalue weighted by molar-refractivity contribution is 0.166. The fourth-order valence-electron chi connectivity index (χ4n) is 2.43. The second-order valence-corrected chi connectivity index (χ2v) is 4.90. The molecule has 2 unspecified atom stereocenters. The van der Waals surface area contributed by atoms with E-state index in [-0.39, 0.29) is 18.2 Å². The number of rotatable bonds is 4. The minimum absolute atomic E-state index is 0.0121. The summed E-state index contributed by atoms with van der Waals surface area (Å²) in [7, 11) is 1.38. The smallest absolute Gasteiger partial charge is 0.407 e. The van der Waals surface area contributed by atoms with Crippen molar-refractivity contribution in [2.45, 2.75) is 18.5 Å². The number of nitrogens with zero attached hydrogens (tertiary/aromatic N) is 1. The van der Waals surface area contributed by atoms with E-state index in [1.54, 1.807) is 0 Å². The third kappa shape index (κ3) is 3.94. The molecule has 1 saturated heterocycles. The molecule has 1 heterocycles. The molecule has 1 aliphatic rings. The van der Waals surface area contributed by atoms with Crippen LogP contribution in [0, 0.1) is 0 Å². The van der Waals surface area contributed by atoms with Gasteiger partial charge in [-0.25, -0.2) is 4.79 Å². The van der Waals surface area contributed by atoms with Crippen molar-refractivity contribution in [1.29, 1.82) is 0 Å². The number of methoxy groups -OCH3 is 1. The SMILES string of the molecule is COC(=O)NC1CCN(CC(N)c2ccccc2)C1. The summed E-state index contributed by atoms with van der Waals surface area (Å²) < 4.78 is 4.60. The molecule has 0 saturated carbocycles. The average Bonchev–Trinajstić information content (AvgIpc) is 2.86. The molecular weight excluding hydrogens is 242 g/mol. The Hall–Kier alpha value is -1.59. The quantitative estimate of drug-likeness (QED) is 0.854. The summed E-state index contributed by atoms with van der Waals surface area (Å²) in [5, 5.41) is 2.83. The number of hydrogen-bond acceptors (Lipinski definition) is 4. The van der Waals surface area contributed by atoms with E-state index in [0.717, 1.165) is 31.6 Å². The maximum atomic E-state index is 11.1. The minimum Gasteiger partial charge on any atom is -0.453 e. The van der Waals surface area contributed by atoms with Crippen molar-refractivity contribution in [3.8, 4) is 0 Å². The third-order valence-corrected chi connectivity index (χ3v) is 3.46. The lowest BCUT2D eigenvalue weighted by Crippen LogP contribution is -2.38. The zero-order valence-electron chi connectivity index (χ0n) is 11.2. The standard InChI is InChI=1S/C14H21N3O2/c1-19-14(18)16-12-7-8-17(9-12)10-13(15)11-5-3-2-4-6-11/h2-6,12-13H,7-10,15H2,1H3,(H,16,18). The number of hydrogen-bond donors (Lipinski definition) is 2. The van der Waals surface area contributed by atoms with Crippen LogP contribution in [0.2, 0.25) is 0 Å². The van der Waals surface area contributed by atoms with Crippen LogP contribution in [0.4, 0.5) is 4.79 Å². The summed E-state index contributed by atoms with van der Waals surface area (Å²) in [6, 6.07) is 10.3. The number of likely N-dealkylation sites (tertiary alicyclic amines) is 1. The Balaban J connectivity index is 1.80. The summed E-state index contributed by atoms with van der Waals surface area (Å²) in [6.07, 6.45) is 0.579. The summed E-state index contributed by atoms with van der Waals surface area (Å²) in [5.74, 6) is 0. The van der Waals surface area contributed by atoms with Crippen molar-refractivity contribution in [3.63, 3.8) is 0 Å². The van der Waals surface area contributed by atoms with E-state index in [0.29, 0.717) is 0 Å². The normalized spacial score (nSPS) is 21.1. The van der Waals surface area contributed by atoms with Gasteiger partial charge in [0.2, 0.25) is 0 Å². The van der Waals surface area contributed by atoms with Crippen LogP contribution in [0.25, 0.3) is 0 Å². The molecule has 104 valence electrons. The number of nitrogens with one attached hydrogen (secondary N) is 1. The molecule has 3 N–H and O–H groups in total. The Morgan fingerprint density at radius 1 is 1.53 bits per heavy atom. The number of carbonyl (C=O) groups excluding carboxylic acids is 1. The lowest BCUT2D eigenvalue weighted by Gasteiger charge is -2.21. The zero-order valence-corrected chi connectivity index (χ0v) is 11.2. The Kier molecular flexibility index (Phi) is 4.76. The van der Waals surface area contributed by atoms with Gasteiger partial charge in [-0.15, -0.1) is 0 Å². The van der Waals surface area contributed by atoms with Crippen molar-refractivity contribution in [1.82, 2.24) is 10.2 Å². The predicted octanol–water partition coefficient (Wildman–Crippen LogP) is 1.12. The Bertz CT molecular complexity index is 410. The van der Waals surface area contributed by atoms with Crippen LogP contribution >= 0.6 is 0 Å². The van der Waals surface area contributed by atoms with E-state index in [2.05, 4.69) is 15.0 Å².